The first kappa shape index (κ1) is 14.5. The Hall–Kier alpha value is -1.95. The van der Waals surface area contributed by atoms with E-state index in [1.165, 1.54) is 22.6 Å². The third-order valence-corrected chi connectivity index (χ3v) is 3.93. The first-order chi connectivity index (χ1) is 9.52. The SMILES string of the molecule is CSc1ccc(NCc2cc(=O)n(C)c(=O)n2C)cc1. The van der Waals surface area contributed by atoms with Gasteiger partial charge in [0.25, 0.3) is 5.56 Å². The van der Waals surface area contributed by atoms with Crippen LogP contribution in [0.15, 0.2) is 44.8 Å². The molecule has 0 spiro atoms. The van der Waals surface area contributed by atoms with E-state index in [-0.39, 0.29) is 11.2 Å². The van der Waals surface area contributed by atoms with Gasteiger partial charge in [-0.1, -0.05) is 0 Å². The Morgan fingerprint density at radius 3 is 2.35 bits per heavy atom. The molecule has 2 rings (SSSR count). The number of nitrogens with one attached hydrogen (secondary N) is 1. The van der Waals surface area contributed by atoms with E-state index in [4.69, 9.17) is 0 Å². The molecule has 1 aromatic heterocycles. The first-order valence-electron chi connectivity index (χ1n) is 6.17. The van der Waals surface area contributed by atoms with Crippen molar-refractivity contribution in [1.82, 2.24) is 9.13 Å². The summed E-state index contributed by atoms with van der Waals surface area (Å²) in [6.07, 6.45) is 2.03. The van der Waals surface area contributed by atoms with E-state index in [0.717, 1.165) is 10.3 Å². The number of benzene rings is 1. The number of hydrogen-bond acceptors (Lipinski definition) is 4. The summed E-state index contributed by atoms with van der Waals surface area (Å²) in [5.41, 5.74) is 1.01. The maximum Gasteiger partial charge on any atom is 0.330 e. The van der Waals surface area contributed by atoms with Crippen molar-refractivity contribution in [3.63, 3.8) is 0 Å². The van der Waals surface area contributed by atoms with Gasteiger partial charge in [-0.2, -0.15) is 0 Å². The van der Waals surface area contributed by atoms with Crippen LogP contribution < -0.4 is 16.6 Å². The molecule has 0 radical (unpaired) electrons. The van der Waals surface area contributed by atoms with Gasteiger partial charge in [0.1, 0.15) is 0 Å². The average Bonchev–Trinajstić information content (AvgIpc) is 2.48. The molecule has 20 heavy (non-hydrogen) atoms. The fourth-order valence-corrected chi connectivity index (χ4v) is 2.26. The van der Waals surface area contributed by atoms with Crippen LogP contribution in [0.25, 0.3) is 0 Å². The van der Waals surface area contributed by atoms with Gasteiger partial charge in [0.15, 0.2) is 0 Å². The summed E-state index contributed by atoms with van der Waals surface area (Å²) in [5.74, 6) is 0. The lowest BCUT2D eigenvalue weighted by atomic mass is 10.3. The molecule has 0 saturated heterocycles. The van der Waals surface area contributed by atoms with Gasteiger partial charge in [0.05, 0.1) is 6.54 Å². The van der Waals surface area contributed by atoms with Crippen LogP contribution in [0.4, 0.5) is 5.69 Å². The highest BCUT2D eigenvalue weighted by molar-refractivity contribution is 7.98. The highest BCUT2D eigenvalue weighted by atomic mass is 32.2. The summed E-state index contributed by atoms with van der Waals surface area (Å²) in [4.78, 5) is 24.6. The van der Waals surface area contributed by atoms with Gasteiger partial charge >= 0.3 is 5.69 Å². The minimum atomic E-state index is -0.313. The van der Waals surface area contributed by atoms with Crippen molar-refractivity contribution >= 4 is 17.4 Å². The van der Waals surface area contributed by atoms with Crippen LogP contribution in [-0.2, 0) is 20.6 Å². The molecule has 0 fully saturated rings. The van der Waals surface area contributed by atoms with Crippen molar-refractivity contribution in [2.75, 3.05) is 11.6 Å². The first-order valence-corrected chi connectivity index (χ1v) is 7.39. The molecular formula is C14H17N3O2S. The molecule has 1 N–H and O–H groups in total. The number of nitrogens with zero attached hydrogens (tertiary/aromatic N) is 2. The van der Waals surface area contributed by atoms with E-state index in [2.05, 4.69) is 5.32 Å². The molecule has 0 amide bonds. The average molecular weight is 291 g/mol. The highest BCUT2D eigenvalue weighted by Crippen LogP contribution is 2.17. The Morgan fingerprint density at radius 1 is 1.10 bits per heavy atom. The fourth-order valence-electron chi connectivity index (χ4n) is 1.85. The van der Waals surface area contributed by atoms with Gasteiger partial charge in [-0.15, -0.1) is 11.8 Å². The maximum absolute atomic E-state index is 11.8. The Balaban J connectivity index is 2.18. The zero-order valence-electron chi connectivity index (χ0n) is 11.7. The van der Waals surface area contributed by atoms with Crippen LogP contribution in [0.2, 0.25) is 0 Å². The summed E-state index contributed by atoms with van der Waals surface area (Å²) in [6, 6.07) is 9.48. The van der Waals surface area contributed by atoms with Crippen LogP contribution >= 0.6 is 11.8 Å². The van der Waals surface area contributed by atoms with Gasteiger partial charge in [-0.05, 0) is 30.5 Å². The van der Waals surface area contributed by atoms with Crippen LogP contribution in [0.5, 0.6) is 0 Å². The molecule has 0 aliphatic rings. The quantitative estimate of drug-likeness (QED) is 0.866. The monoisotopic (exact) mass is 291 g/mol. The number of aromatic nitrogens is 2. The molecule has 1 aromatic carbocycles. The van der Waals surface area contributed by atoms with Gasteiger partial charge in [0, 0.05) is 36.4 Å². The lowest BCUT2D eigenvalue weighted by molar-refractivity contribution is 0.655. The Morgan fingerprint density at radius 2 is 1.75 bits per heavy atom. The number of thioether (sulfide) groups is 1. The molecule has 0 atom stereocenters. The second-order valence-electron chi connectivity index (χ2n) is 4.46. The summed E-state index contributed by atoms with van der Waals surface area (Å²) in [6.45, 7) is 0.431. The summed E-state index contributed by atoms with van der Waals surface area (Å²) in [5, 5.41) is 3.21. The predicted octanol–water partition coefficient (Wildman–Crippen LogP) is 1.42. The van der Waals surface area contributed by atoms with Crippen molar-refractivity contribution in [1.29, 1.82) is 0 Å². The molecular weight excluding hydrogens is 274 g/mol. The summed E-state index contributed by atoms with van der Waals surface area (Å²) < 4.78 is 2.57. The van der Waals surface area contributed by atoms with Crippen molar-refractivity contribution in [2.45, 2.75) is 11.4 Å². The molecule has 0 aliphatic heterocycles. The van der Waals surface area contributed by atoms with Gasteiger partial charge in [-0.3, -0.25) is 13.9 Å². The molecule has 0 unspecified atom stereocenters. The minimum Gasteiger partial charge on any atom is -0.379 e. The third kappa shape index (κ3) is 2.96. The van der Waals surface area contributed by atoms with Crippen molar-refractivity contribution < 1.29 is 0 Å². The second kappa shape index (κ2) is 6.00. The van der Waals surface area contributed by atoms with Gasteiger partial charge in [0.2, 0.25) is 0 Å². The molecule has 2 aromatic rings. The van der Waals surface area contributed by atoms with Crippen molar-refractivity contribution in [2.24, 2.45) is 14.1 Å². The smallest absolute Gasteiger partial charge is 0.330 e. The van der Waals surface area contributed by atoms with E-state index in [1.54, 1.807) is 18.8 Å². The highest BCUT2D eigenvalue weighted by Gasteiger charge is 2.05. The third-order valence-electron chi connectivity index (χ3n) is 3.19. The van der Waals surface area contributed by atoms with Crippen molar-refractivity contribution in [3.8, 4) is 0 Å². The van der Waals surface area contributed by atoms with Gasteiger partial charge in [-0.25, -0.2) is 4.79 Å². The fraction of sp³-hybridized carbons (Fsp3) is 0.286. The predicted molar refractivity (Wildman–Crippen MR) is 82.5 cm³/mol. The molecule has 1 heterocycles. The molecule has 0 aliphatic carbocycles. The largest absolute Gasteiger partial charge is 0.379 e. The van der Waals surface area contributed by atoms with Crippen LogP contribution in [-0.4, -0.2) is 15.4 Å². The van der Waals surface area contributed by atoms with Crippen LogP contribution in [0, 0.1) is 0 Å². The van der Waals surface area contributed by atoms with Gasteiger partial charge < -0.3 is 5.32 Å². The van der Waals surface area contributed by atoms with E-state index in [1.807, 2.05) is 30.5 Å². The Kier molecular flexibility index (Phi) is 4.34. The van der Waals surface area contributed by atoms with Crippen molar-refractivity contribution in [3.05, 3.63) is 56.9 Å². The zero-order valence-corrected chi connectivity index (χ0v) is 12.5. The normalized spacial score (nSPS) is 10.6. The van der Waals surface area contributed by atoms with E-state index in [0.29, 0.717) is 12.2 Å². The molecule has 6 heteroatoms. The molecule has 5 nitrogen and oxygen atoms in total. The standard InChI is InChI=1S/C14H17N3O2S/c1-16-11(8-13(18)17(2)14(16)19)9-15-10-4-6-12(20-3)7-5-10/h4-8,15H,9H2,1-3H3. The zero-order chi connectivity index (χ0) is 14.7. The number of hydrogen-bond donors (Lipinski definition) is 1. The summed E-state index contributed by atoms with van der Waals surface area (Å²) in [7, 11) is 3.14. The molecule has 0 saturated carbocycles. The van der Waals surface area contributed by atoms with E-state index < -0.39 is 0 Å². The van der Waals surface area contributed by atoms with Crippen LogP contribution in [0.1, 0.15) is 5.69 Å². The van der Waals surface area contributed by atoms with E-state index in [9.17, 15) is 9.59 Å². The lowest BCUT2D eigenvalue weighted by Crippen LogP contribution is -2.38. The van der Waals surface area contributed by atoms with Crippen LogP contribution in [0.3, 0.4) is 0 Å². The Bertz CT molecular complexity index is 717. The molecule has 0 bridgehead atoms. The number of anilines is 1. The topological polar surface area (TPSA) is 56.0 Å². The second-order valence-corrected chi connectivity index (χ2v) is 5.34. The maximum atomic E-state index is 11.8. The lowest BCUT2D eigenvalue weighted by Gasteiger charge is -2.11. The number of rotatable bonds is 4. The summed E-state index contributed by atoms with van der Waals surface area (Å²) >= 11 is 1.68. The minimum absolute atomic E-state index is 0.289. The van der Waals surface area contributed by atoms with E-state index >= 15 is 0 Å². The Labute approximate surface area is 121 Å². The molecule has 106 valence electrons.